The molecule has 2 amide bonds. The number of hydrogen-bond acceptors (Lipinski definition) is 7. The minimum absolute atomic E-state index is 0.00844. The molecule has 36 heavy (non-hydrogen) atoms. The summed E-state index contributed by atoms with van der Waals surface area (Å²) in [5.74, 6) is -0.0553. The molecule has 1 heterocycles. The number of aryl methyl sites for hydroxylation is 1. The summed E-state index contributed by atoms with van der Waals surface area (Å²) in [5, 5.41) is 26.2. The Labute approximate surface area is 221 Å². The van der Waals surface area contributed by atoms with Crippen molar-refractivity contribution in [1.82, 2.24) is 20.1 Å². The first-order chi connectivity index (χ1) is 17.0. The normalized spacial score (nSPS) is 11.9. The Kier molecular flexibility index (Phi) is 8.93. The third kappa shape index (κ3) is 6.54. The van der Waals surface area contributed by atoms with Crippen LogP contribution in [0, 0.1) is 23.0 Å². The van der Waals surface area contributed by atoms with Crippen molar-refractivity contribution < 1.29 is 14.5 Å². The van der Waals surface area contributed by atoms with Gasteiger partial charge in [-0.2, -0.15) is 0 Å². The predicted octanol–water partition coefficient (Wildman–Crippen LogP) is 5.20. The standard InChI is InChI=1S/C23H24Cl2N6O4S/c1-12(2)20(27-22(33)14-5-7-16(24)17(25)10-14)21-28-29-23(30(21)4)36-11-19(32)26-18-8-6-15(31(34)35)9-13(18)3/h5-10,12,20H,11H2,1-4H3,(H,26,32)(H,27,33)/t20-/m1/s1. The number of nitro benzene ring substituents is 1. The second-order valence-corrected chi connectivity index (χ2v) is 10.1. The smallest absolute Gasteiger partial charge is 0.269 e. The maximum atomic E-state index is 12.8. The molecule has 0 radical (unpaired) electrons. The Hall–Kier alpha value is -3.15. The lowest BCUT2D eigenvalue weighted by Gasteiger charge is -2.22. The van der Waals surface area contributed by atoms with Crippen LogP contribution in [0.1, 0.15) is 41.6 Å². The molecule has 0 saturated heterocycles. The van der Waals surface area contributed by atoms with Crippen molar-refractivity contribution in [3.8, 4) is 0 Å². The van der Waals surface area contributed by atoms with E-state index in [4.69, 9.17) is 23.2 Å². The average Bonchev–Trinajstić information content (AvgIpc) is 3.18. The Morgan fingerprint density at radius 1 is 1.14 bits per heavy atom. The third-order valence-electron chi connectivity index (χ3n) is 5.31. The van der Waals surface area contributed by atoms with Gasteiger partial charge in [-0.3, -0.25) is 19.7 Å². The van der Waals surface area contributed by atoms with E-state index in [2.05, 4.69) is 20.8 Å². The number of hydrogen-bond donors (Lipinski definition) is 2. The molecule has 0 aliphatic rings. The Morgan fingerprint density at radius 2 is 1.86 bits per heavy atom. The van der Waals surface area contributed by atoms with Gasteiger partial charge in [0.2, 0.25) is 5.91 Å². The van der Waals surface area contributed by atoms with Crippen LogP contribution in [0.2, 0.25) is 10.0 Å². The first-order valence-electron chi connectivity index (χ1n) is 10.8. The molecular formula is C23H24Cl2N6O4S. The summed E-state index contributed by atoms with van der Waals surface area (Å²) in [7, 11) is 1.76. The fourth-order valence-electron chi connectivity index (χ4n) is 3.33. The molecule has 13 heteroatoms. The SMILES string of the molecule is Cc1cc([N+](=O)[O-])ccc1NC(=O)CSc1nnc([C@H](NC(=O)c2ccc(Cl)c(Cl)c2)C(C)C)n1C. The van der Waals surface area contributed by atoms with Crippen LogP contribution in [0.4, 0.5) is 11.4 Å². The van der Waals surface area contributed by atoms with Crippen LogP contribution in [-0.4, -0.2) is 37.3 Å². The van der Waals surface area contributed by atoms with E-state index < -0.39 is 11.0 Å². The van der Waals surface area contributed by atoms with Crippen LogP contribution in [0.3, 0.4) is 0 Å². The van der Waals surface area contributed by atoms with Crippen LogP contribution in [0.25, 0.3) is 0 Å². The lowest BCUT2D eigenvalue weighted by atomic mass is 10.0. The maximum Gasteiger partial charge on any atom is 0.269 e. The maximum absolute atomic E-state index is 12.8. The molecule has 3 aromatic rings. The van der Waals surface area contributed by atoms with Gasteiger partial charge in [0.1, 0.15) is 0 Å². The van der Waals surface area contributed by atoms with E-state index in [0.29, 0.717) is 32.8 Å². The molecule has 190 valence electrons. The lowest BCUT2D eigenvalue weighted by Crippen LogP contribution is -2.33. The van der Waals surface area contributed by atoms with Gasteiger partial charge in [0, 0.05) is 30.4 Å². The van der Waals surface area contributed by atoms with Crippen LogP contribution >= 0.6 is 35.0 Å². The zero-order valence-corrected chi connectivity index (χ0v) is 22.2. The summed E-state index contributed by atoms with van der Waals surface area (Å²) in [6, 6.07) is 8.43. The molecule has 0 aliphatic carbocycles. The number of carbonyl (C=O) groups excluding carboxylic acids is 2. The Balaban J connectivity index is 1.67. The van der Waals surface area contributed by atoms with Crippen LogP contribution < -0.4 is 10.6 Å². The fourth-order valence-corrected chi connectivity index (χ4v) is 4.35. The highest BCUT2D eigenvalue weighted by molar-refractivity contribution is 7.99. The van der Waals surface area contributed by atoms with Crippen molar-refractivity contribution >= 4 is 58.2 Å². The number of carbonyl (C=O) groups is 2. The van der Waals surface area contributed by atoms with E-state index in [1.165, 1.54) is 36.0 Å². The highest BCUT2D eigenvalue weighted by Crippen LogP contribution is 2.27. The van der Waals surface area contributed by atoms with Gasteiger partial charge in [0.15, 0.2) is 11.0 Å². The van der Waals surface area contributed by atoms with Crippen molar-refractivity contribution in [2.45, 2.75) is 32.0 Å². The summed E-state index contributed by atoms with van der Waals surface area (Å²) < 4.78 is 1.73. The molecule has 10 nitrogen and oxygen atoms in total. The van der Waals surface area contributed by atoms with Gasteiger partial charge >= 0.3 is 0 Å². The number of aromatic nitrogens is 3. The van der Waals surface area contributed by atoms with Crippen molar-refractivity contribution in [3.63, 3.8) is 0 Å². The number of nitrogens with one attached hydrogen (secondary N) is 2. The summed E-state index contributed by atoms with van der Waals surface area (Å²) in [6.07, 6.45) is 0. The highest BCUT2D eigenvalue weighted by Gasteiger charge is 2.25. The lowest BCUT2D eigenvalue weighted by molar-refractivity contribution is -0.384. The van der Waals surface area contributed by atoms with Gasteiger partial charge in [0.25, 0.3) is 11.6 Å². The molecule has 2 N–H and O–H groups in total. The van der Waals surface area contributed by atoms with Gasteiger partial charge in [-0.25, -0.2) is 0 Å². The van der Waals surface area contributed by atoms with E-state index in [-0.39, 0.29) is 34.2 Å². The largest absolute Gasteiger partial charge is 0.342 e. The van der Waals surface area contributed by atoms with Gasteiger partial charge in [-0.05, 0) is 42.7 Å². The van der Waals surface area contributed by atoms with Crippen molar-refractivity contribution in [2.75, 3.05) is 11.1 Å². The molecule has 0 spiro atoms. The summed E-state index contributed by atoms with van der Waals surface area (Å²) >= 11 is 13.2. The second-order valence-electron chi connectivity index (χ2n) is 8.32. The molecule has 1 atom stereocenters. The Bertz CT molecular complexity index is 1310. The molecule has 1 aromatic heterocycles. The number of nitrogens with zero attached hydrogens (tertiary/aromatic N) is 4. The number of halogens is 2. The van der Waals surface area contributed by atoms with E-state index in [9.17, 15) is 19.7 Å². The number of anilines is 1. The highest BCUT2D eigenvalue weighted by atomic mass is 35.5. The number of benzene rings is 2. The first kappa shape index (κ1) is 27.4. The zero-order valence-electron chi connectivity index (χ0n) is 19.9. The minimum Gasteiger partial charge on any atom is -0.342 e. The van der Waals surface area contributed by atoms with Crippen molar-refractivity contribution in [3.05, 3.63) is 73.5 Å². The summed E-state index contributed by atoms with van der Waals surface area (Å²) in [6.45, 7) is 5.57. The molecule has 0 saturated carbocycles. The van der Waals surface area contributed by atoms with E-state index in [0.717, 1.165) is 0 Å². The molecule has 0 fully saturated rings. The van der Waals surface area contributed by atoms with Gasteiger partial charge in [0.05, 0.1) is 26.8 Å². The number of amides is 2. The van der Waals surface area contributed by atoms with Crippen LogP contribution in [0.15, 0.2) is 41.6 Å². The molecule has 2 aromatic carbocycles. The summed E-state index contributed by atoms with van der Waals surface area (Å²) in [4.78, 5) is 35.7. The molecule has 0 unspecified atom stereocenters. The number of rotatable bonds is 9. The molecule has 0 bridgehead atoms. The number of nitro groups is 1. The van der Waals surface area contributed by atoms with E-state index in [1.807, 2.05) is 13.8 Å². The minimum atomic E-state index is -0.489. The average molecular weight is 551 g/mol. The van der Waals surface area contributed by atoms with Crippen molar-refractivity contribution in [2.24, 2.45) is 13.0 Å². The van der Waals surface area contributed by atoms with Crippen LogP contribution in [-0.2, 0) is 11.8 Å². The molecule has 3 rings (SSSR count). The quantitative estimate of drug-likeness (QED) is 0.212. The van der Waals surface area contributed by atoms with Gasteiger partial charge < -0.3 is 15.2 Å². The predicted molar refractivity (Wildman–Crippen MR) is 140 cm³/mol. The second kappa shape index (κ2) is 11.7. The topological polar surface area (TPSA) is 132 Å². The third-order valence-corrected chi connectivity index (χ3v) is 7.07. The van der Waals surface area contributed by atoms with Crippen molar-refractivity contribution in [1.29, 1.82) is 0 Å². The van der Waals surface area contributed by atoms with Gasteiger partial charge in [-0.1, -0.05) is 48.8 Å². The van der Waals surface area contributed by atoms with E-state index in [1.54, 1.807) is 30.7 Å². The summed E-state index contributed by atoms with van der Waals surface area (Å²) in [5.41, 5.74) is 1.40. The van der Waals surface area contributed by atoms with E-state index >= 15 is 0 Å². The fraction of sp³-hybridized carbons (Fsp3) is 0.304. The number of non-ortho nitro benzene ring substituents is 1. The first-order valence-corrected chi connectivity index (χ1v) is 12.5. The molecule has 0 aliphatic heterocycles. The Morgan fingerprint density at radius 3 is 2.47 bits per heavy atom. The van der Waals surface area contributed by atoms with Crippen LogP contribution in [0.5, 0.6) is 0 Å². The zero-order chi connectivity index (χ0) is 26.6. The number of thioether (sulfide) groups is 1. The van der Waals surface area contributed by atoms with Gasteiger partial charge in [-0.15, -0.1) is 10.2 Å². The molecular weight excluding hydrogens is 527 g/mol. The monoisotopic (exact) mass is 550 g/mol.